The molecule has 1 amide bonds. The van der Waals surface area contributed by atoms with E-state index >= 15 is 0 Å². The van der Waals surface area contributed by atoms with Crippen LogP contribution in [-0.4, -0.2) is 24.0 Å². The van der Waals surface area contributed by atoms with Crippen LogP contribution >= 0.6 is 0 Å². The second kappa shape index (κ2) is 5.77. The Labute approximate surface area is 109 Å². The summed E-state index contributed by atoms with van der Waals surface area (Å²) in [5.41, 5.74) is -0.951. The van der Waals surface area contributed by atoms with Crippen LogP contribution in [0.25, 0.3) is 0 Å². The standard InChI is InChI=1S/C13H15F2NO3/c1-13(2,3)16-12(18)19-7-11(17)9-6-8(14)4-5-10(9)15/h4-6H,7H2,1-3H3,(H,16,18). The Morgan fingerprint density at radius 1 is 1.26 bits per heavy atom. The Bertz CT molecular complexity index is 495. The summed E-state index contributed by atoms with van der Waals surface area (Å²) in [5, 5.41) is 2.47. The van der Waals surface area contributed by atoms with Gasteiger partial charge < -0.3 is 10.1 Å². The maximum atomic E-state index is 13.3. The van der Waals surface area contributed by atoms with E-state index in [4.69, 9.17) is 0 Å². The van der Waals surface area contributed by atoms with Crippen molar-refractivity contribution in [1.82, 2.24) is 5.32 Å². The molecule has 4 nitrogen and oxygen atoms in total. The molecule has 0 saturated heterocycles. The lowest BCUT2D eigenvalue weighted by atomic mass is 10.1. The summed E-state index contributed by atoms with van der Waals surface area (Å²) in [6, 6.07) is 2.51. The van der Waals surface area contributed by atoms with Crippen molar-refractivity contribution in [2.24, 2.45) is 0 Å². The quantitative estimate of drug-likeness (QED) is 0.860. The first-order chi connectivity index (χ1) is 8.69. The molecule has 1 N–H and O–H groups in total. The minimum absolute atomic E-state index is 0.441. The van der Waals surface area contributed by atoms with Gasteiger partial charge in [0, 0.05) is 5.54 Å². The van der Waals surface area contributed by atoms with Crippen LogP contribution in [0.15, 0.2) is 18.2 Å². The van der Waals surface area contributed by atoms with Gasteiger partial charge in [-0.3, -0.25) is 4.79 Å². The number of Topliss-reactive ketones (excluding diaryl/α,β-unsaturated/α-hetero) is 1. The molecule has 1 aromatic rings. The second-order valence-electron chi connectivity index (χ2n) is 5.00. The molecule has 0 aliphatic carbocycles. The Hall–Kier alpha value is -1.98. The zero-order valence-electron chi connectivity index (χ0n) is 10.9. The normalized spacial score (nSPS) is 11.0. The topological polar surface area (TPSA) is 55.4 Å². The zero-order valence-corrected chi connectivity index (χ0v) is 10.9. The lowest BCUT2D eigenvalue weighted by Crippen LogP contribution is -2.41. The number of benzene rings is 1. The van der Waals surface area contributed by atoms with E-state index in [0.717, 1.165) is 18.2 Å². The summed E-state index contributed by atoms with van der Waals surface area (Å²) in [6.45, 7) is 4.56. The monoisotopic (exact) mass is 271 g/mol. The van der Waals surface area contributed by atoms with Crippen molar-refractivity contribution < 1.29 is 23.1 Å². The van der Waals surface area contributed by atoms with Crippen molar-refractivity contribution in [3.8, 4) is 0 Å². The van der Waals surface area contributed by atoms with E-state index in [1.807, 2.05) is 0 Å². The van der Waals surface area contributed by atoms with E-state index < -0.39 is 41.2 Å². The number of rotatable bonds is 3. The van der Waals surface area contributed by atoms with Crippen LogP contribution in [0, 0.1) is 11.6 Å². The lowest BCUT2D eigenvalue weighted by molar-refractivity contribution is 0.0828. The number of carbonyl (C=O) groups excluding carboxylic acids is 2. The van der Waals surface area contributed by atoms with Gasteiger partial charge in [-0.2, -0.15) is 0 Å². The van der Waals surface area contributed by atoms with Crippen LogP contribution < -0.4 is 5.32 Å². The van der Waals surface area contributed by atoms with Crippen LogP contribution in [0.3, 0.4) is 0 Å². The highest BCUT2D eigenvalue weighted by Gasteiger charge is 2.18. The third kappa shape index (κ3) is 5.03. The summed E-state index contributed by atoms with van der Waals surface area (Å²) < 4.78 is 30.8. The van der Waals surface area contributed by atoms with Gasteiger partial charge in [0.25, 0.3) is 0 Å². The molecule has 0 fully saturated rings. The largest absolute Gasteiger partial charge is 0.441 e. The predicted molar refractivity (Wildman–Crippen MR) is 64.9 cm³/mol. The van der Waals surface area contributed by atoms with Crippen molar-refractivity contribution in [1.29, 1.82) is 0 Å². The highest BCUT2D eigenvalue weighted by molar-refractivity contribution is 5.98. The zero-order chi connectivity index (χ0) is 14.6. The van der Waals surface area contributed by atoms with E-state index in [0.29, 0.717) is 0 Å². The number of halogens is 2. The fraction of sp³-hybridized carbons (Fsp3) is 0.385. The number of hydrogen-bond donors (Lipinski definition) is 1. The molecule has 0 aliphatic rings. The second-order valence-corrected chi connectivity index (χ2v) is 5.00. The van der Waals surface area contributed by atoms with Crippen molar-refractivity contribution in [2.75, 3.05) is 6.61 Å². The minimum atomic E-state index is -0.855. The third-order valence-corrected chi connectivity index (χ3v) is 2.04. The minimum Gasteiger partial charge on any atom is -0.441 e. The van der Waals surface area contributed by atoms with Crippen molar-refractivity contribution in [2.45, 2.75) is 26.3 Å². The highest BCUT2D eigenvalue weighted by Crippen LogP contribution is 2.10. The molecule has 0 saturated carbocycles. The number of ether oxygens (including phenoxy) is 1. The maximum absolute atomic E-state index is 13.3. The molecule has 0 unspecified atom stereocenters. The molecule has 19 heavy (non-hydrogen) atoms. The van der Waals surface area contributed by atoms with Gasteiger partial charge in [-0.1, -0.05) is 0 Å². The molecule has 0 radical (unpaired) electrons. The van der Waals surface area contributed by atoms with Crippen LogP contribution in [0.5, 0.6) is 0 Å². The Kier molecular flexibility index (Phi) is 4.58. The number of alkyl carbamates (subject to hydrolysis) is 1. The van der Waals surface area contributed by atoms with E-state index in [9.17, 15) is 18.4 Å². The summed E-state index contributed by atoms with van der Waals surface area (Å²) in [6.07, 6.45) is -0.794. The van der Waals surface area contributed by atoms with Gasteiger partial charge in [-0.25, -0.2) is 13.6 Å². The molecule has 0 spiro atoms. The Balaban J connectivity index is 2.61. The van der Waals surface area contributed by atoms with Crippen LogP contribution in [0.4, 0.5) is 13.6 Å². The van der Waals surface area contributed by atoms with Crippen LogP contribution in [-0.2, 0) is 4.74 Å². The number of nitrogens with one attached hydrogen (secondary N) is 1. The molecular weight excluding hydrogens is 256 g/mol. The van der Waals surface area contributed by atoms with Gasteiger partial charge in [0.05, 0.1) is 5.56 Å². The number of hydrogen-bond acceptors (Lipinski definition) is 3. The lowest BCUT2D eigenvalue weighted by Gasteiger charge is -2.19. The van der Waals surface area contributed by atoms with E-state index in [1.54, 1.807) is 20.8 Å². The summed E-state index contributed by atoms with van der Waals surface area (Å²) in [4.78, 5) is 22.9. The average molecular weight is 271 g/mol. The number of carbonyl (C=O) groups is 2. The molecule has 1 aromatic carbocycles. The SMILES string of the molecule is CC(C)(C)NC(=O)OCC(=O)c1cc(F)ccc1F. The molecular formula is C13H15F2NO3. The smallest absolute Gasteiger partial charge is 0.407 e. The van der Waals surface area contributed by atoms with Crippen molar-refractivity contribution in [3.63, 3.8) is 0 Å². The van der Waals surface area contributed by atoms with Crippen LogP contribution in [0.2, 0.25) is 0 Å². The van der Waals surface area contributed by atoms with Crippen molar-refractivity contribution in [3.05, 3.63) is 35.4 Å². The number of ketones is 1. The fourth-order valence-corrected chi connectivity index (χ4v) is 1.26. The molecule has 0 aliphatic heterocycles. The Morgan fingerprint density at radius 2 is 1.89 bits per heavy atom. The van der Waals surface area contributed by atoms with Crippen molar-refractivity contribution >= 4 is 11.9 Å². The van der Waals surface area contributed by atoms with E-state index in [1.165, 1.54) is 0 Å². The van der Waals surface area contributed by atoms with Crippen LogP contribution in [0.1, 0.15) is 31.1 Å². The summed E-state index contributed by atoms with van der Waals surface area (Å²) >= 11 is 0. The first-order valence-electron chi connectivity index (χ1n) is 5.62. The van der Waals surface area contributed by atoms with E-state index in [-0.39, 0.29) is 0 Å². The highest BCUT2D eigenvalue weighted by atomic mass is 19.1. The fourth-order valence-electron chi connectivity index (χ4n) is 1.26. The molecule has 0 heterocycles. The summed E-state index contributed by atoms with van der Waals surface area (Å²) in [7, 11) is 0. The number of amides is 1. The third-order valence-electron chi connectivity index (χ3n) is 2.04. The molecule has 1 rings (SSSR count). The molecule has 6 heteroatoms. The average Bonchev–Trinajstić information content (AvgIpc) is 2.27. The van der Waals surface area contributed by atoms with Gasteiger partial charge in [0.2, 0.25) is 5.78 Å². The van der Waals surface area contributed by atoms with Gasteiger partial charge in [0.1, 0.15) is 11.6 Å². The van der Waals surface area contributed by atoms with Gasteiger partial charge in [-0.05, 0) is 39.0 Å². The summed E-state index contributed by atoms with van der Waals surface area (Å²) in [5.74, 6) is -2.39. The molecule has 104 valence electrons. The molecule has 0 bridgehead atoms. The predicted octanol–water partition coefficient (Wildman–Crippen LogP) is 2.67. The van der Waals surface area contributed by atoms with E-state index in [2.05, 4.69) is 10.1 Å². The van der Waals surface area contributed by atoms with Gasteiger partial charge >= 0.3 is 6.09 Å². The maximum Gasteiger partial charge on any atom is 0.407 e. The Morgan fingerprint density at radius 3 is 2.47 bits per heavy atom. The first kappa shape index (κ1) is 15.1. The first-order valence-corrected chi connectivity index (χ1v) is 5.62. The van der Waals surface area contributed by atoms with Gasteiger partial charge in [0.15, 0.2) is 6.61 Å². The molecule has 0 atom stereocenters. The van der Waals surface area contributed by atoms with Gasteiger partial charge in [-0.15, -0.1) is 0 Å². The molecule has 0 aromatic heterocycles.